The SMILES string of the molecule is O=C(NCC(c1ccccc1)N1CCOCC1)C(=O)c1c[nH]c2ccccc12. The Balaban J connectivity index is 1.48. The number of ketones is 1. The number of benzene rings is 2. The number of amides is 1. The molecule has 1 aliphatic rings. The first-order chi connectivity index (χ1) is 13.7. The Kier molecular flexibility index (Phi) is 5.50. The number of hydrogen-bond acceptors (Lipinski definition) is 4. The van der Waals surface area contributed by atoms with Crippen molar-refractivity contribution in [3.8, 4) is 0 Å². The Labute approximate surface area is 163 Å². The lowest BCUT2D eigenvalue weighted by atomic mass is 10.0. The zero-order valence-corrected chi connectivity index (χ0v) is 15.6. The van der Waals surface area contributed by atoms with Crippen molar-refractivity contribution in [1.82, 2.24) is 15.2 Å². The molecule has 2 N–H and O–H groups in total. The van der Waals surface area contributed by atoms with E-state index in [0.29, 0.717) is 25.3 Å². The van der Waals surface area contributed by atoms with Gasteiger partial charge in [-0.25, -0.2) is 0 Å². The number of para-hydroxylation sites is 1. The molecule has 1 aromatic heterocycles. The third kappa shape index (κ3) is 3.83. The van der Waals surface area contributed by atoms with E-state index in [4.69, 9.17) is 4.74 Å². The molecule has 0 aliphatic carbocycles. The summed E-state index contributed by atoms with van der Waals surface area (Å²) in [6, 6.07) is 17.5. The topological polar surface area (TPSA) is 74.4 Å². The Hall–Kier alpha value is -2.96. The van der Waals surface area contributed by atoms with Crippen molar-refractivity contribution in [3.63, 3.8) is 0 Å². The van der Waals surface area contributed by atoms with E-state index in [1.807, 2.05) is 54.6 Å². The maximum Gasteiger partial charge on any atom is 0.292 e. The van der Waals surface area contributed by atoms with Crippen LogP contribution in [0.4, 0.5) is 0 Å². The molecule has 144 valence electrons. The number of fused-ring (bicyclic) bond motifs is 1. The number of rotatable bonds is 6. The van der Waals surface area contributed by atoms with Crippen LogP contribution in [0.3, 0.4) is 0 Å². The maximum atomic E-state index is 12.7. The molecular formula is C22H23N3O3. The van der Waals surface area contributed by atoms with Crippen molar-refractivity contribution in [2.24, 2.45) is 0 Å². The van der Waals surface area contributed by atoms with Gasteiger partial charge in [0.2, 0.25) is 0 Å². The van der Waals surface area contributed by atoms with Gasteiger partial charge in [0.15, 0.2) is 0 Å². The fourth-order valence-electron chi connectivity index (χ4n) is 3.67. The van der Waals surface area contributed by atoms with E-state index < -0.39 is 11.7 Å². The van der Waals surface area contributed by atoms with Crippen molar-refractivity contribution >= 4 is 22.6 Å². The predicted molar refractivity (Wildman–Crippen MR) is 107 cm³/mol. The molecule has 0 saturated carbocycles. The molecule has 0 radical (unpaired) electrons. The van der Waals surface area contributed by atoms with E-state index in [2.05, 4.69) is 15.2 Å². The van der Waals surface area contributed by atoms with E-state index in [9.17, 15) is 9.59 Å². The molecule has 2 heterocycles. The van der Waals surface area contributed by atoms with Crippen molar-refractivity contribution < 1.29 is 14.3 Å². The van der Waals surface area contributed by atoms with Gasteiger partial charge >= 0.3 is 0 Å². The second-order valence-electron chi connectivity index (χ2n) is 6.86. The van der Waals surface area contributed by atoms with Crippen LogP contribution in [0.25, 0.3) is 10.9 Å². The largest absolute Gasteiger partial charge is 0.379 e. The zero-order valence-electron chi connectivity index (χ0n) is 15.6. The molecular weight excluding hydrogens is 354 g/mol. The molecule has 1 amide bonds. The highest BCUT2D eigenvalue weighted by atomic mass is 16.5. The van der Waals surface area contributed by atoms with E-state index in [0.717, 1.165) is 29.6 Å². The van der Waals surface area contributed by atoms with Crippen LogP contribution in [-0.2, 0) is 9.53 Å². The fraction of sp³-hybridized carbons (Fsp3) is 0.273. The second-order valence-corrected chi connectivity index (χ2v) is 6.86. The molecule has 6 heteroatoms. The Morgan fingerprint density at radius 1 is 1.04 bits per heavy atom. The Morgan fingerprint density at radius 2 is 1.75 bits per heavy atom. The quantitative estimate of drug-likeness (QED) is 0.511. The van der Waals surface area contributed by atoms with E-state index in [1.165, 1.54) is 0 Å². The molecule has 1 unspecified atom stereocenters. The Bertz CT molecular complexity index is 961. The fourth-order valence-corrected chi connectivity index (χ4v) is 3.67. The summed E-state index contributed by atoms with van der Waals surface area (Å²) < 4.78 is 5.45. The summed E-state index contributed by atoms with van der Waals surface area (Å²) in [5.74, 6) is -1.11. The normalized spacial score (nSPS) is 16.0. The van der Waals surface area contributed by atoms with E-state index >= 15 is 0 Å². The Morgan fingerprint density at radius 3 is 2.54 bits per heavy atom. The average molecular weight is 377 g/mol. The monoisotopic (exact) mass is 377 g/mol. The number of hydrogen-bond donors (Lipinski definition) is 2. The van der Waals surface area contributed by atoms with Crippen LogP contribution in [0, 0.1) is 0 Å². The van der Waals surface area contributed by atoms with E-state index in [-0.39, 0.29) is 6.04 Å². The van der Waals surface area contributed by atoms with Crippen LogP contribution in [0.1, 0.15) is 22.0 Å². The number of carbonyl (C=O) groups is 2. The summed E-state index contributed by atoms with van der Waals surface area (Å²) in [5, 5.41) is 3.61. The van der Waals surface area contributed by atoms with Crippen molar-refractivity contribution in [1.29, 1.82) is 0 Å². The summed E-state index contributed by atoms with van der Waals surface area (Å²) in [4.78, 5) is 30.6. The number of nitrogens with zero attached hydrogens (tertiary/aromatic N) is 1. The predicted octanol–water partition coefficient (Wildman–Crippen LogP) is 2.54. The van der Waals surface area contributed by atoms with Crippen LogP contribution in [-0.4, -0.2) is 54.4 Å². The van der Waals surface area contributed by atoms with E-state index in [1.54, 1.807) is 6.20 Å². The van der Waals surface area contributed by atoms with Crippen molar-refractivity contribution in [2.45, 2.75) is 6.04 Å². The van der Waals surface area contributed by atoms with Gasteiger partial charge in [-0.2, -0.15) is 0 Å². The minimum atomic E-state index is -0.584. The van der Waals surface area contributed by atoms with Crippen LogP contribution in [0.2, 0.25) is 0 Å². The third-order valence-corrected chi connectivity index (χ3v) is 5.17. The highest BCUT2D eigenvalue weighted by molar-refractivity contribution is 6.44. The number of aromatic nitrogens is 1. The summed E-state index contributed by atoms with van der Waals surface area (Å²) in [7, 11) is 0. The van der Waals surface area contributed by atoms with Gasteiger partial charge in [-0.15, -0.1) is 0 Å². The second kappa shape index (κ2) is 8.37. The summed E-state index contributed by atoms with van der Waals surface area (Å²) >= 11 is 0. The summed E-state index contributed by atoms with van der Waals surface area (Å²) in [5.41, 5.74) is 2.36. The lowest BCUT2D eigenvalue weighted by Gasteiger charge is -2.34. The van der Waals surface area contributed by atoms with Crippen molar-refractivity contribution in [2.75, 3.05) is 32.8 Å². The molecule has 1 fully saturated rings. The summed E-state index contributed by atoms with van der Waals surface area (Å²) in [6.07, 6.45) is 1.60. The number of ether oxygens (including phenoxy) is 1. The van der Waals surface area contributed by atoms with Crippen LogP contribution < -0.4 is 5.32 Å². The van der Waals surface area contributed by atoms with Gasteiger partial charge in [-0.1, -0.05) is 48.5 Å². The first-order valence-corrected chi connectivity index (χ1v) is 9.49. The molecule has 28 heavy (non-hydrogen) atoms. The van der Waals surface area contributed by atoms with Crippen LogP contribution in [0.15, 0.2) is 60.8 Å². The zero-order chi connectivity index (χ0) is 19.3. The third-order valence-electron chi connectivity index (χ3n) is 5.17. The molecule has 1 saturated heterocycles. The lowest BCUT2D eigenvalue weighted by Crippen LogP contribution is -2.44. The van der Waals surface area contributed by atoms with Gasteiger partial charge in [0, 0.05) is 36.7 Å². The van der Waals surface area contributed by atoms with Crippen LogP contribution in [0.5, 0.6) is 0 Å². The number of morpholine rings is 1. The van der Waals surface area contributed by atoms with Gasteiger partial charge in [0.1, 0.15) is 0 Å². The standard InChI is InChI=1S/C22H23N3O3/c26-21(18-14-23-19-9-5-4-8-17(18)19)22(27)24-15-20(16-6-2-1-3-7-16)25-10-12-28-13-11-25/h1-9,14,20,23H,10-13,15H2,(H,24,27). The highest BCUT2D eigenvalue weighted by Crippen LogP contribution is 2.22. The molecule has 0 bridgehead atoms. The highest BCUT2D eigenvalue weighted by Gasteiger charge is 2.25. The van der Waals surface area contributed by atoms with Gasteiger partial charge in [-0.3, -0.25) is 14.5 Å². The number of H-pyrrole nitrogens is 1. The van der Waals surface area contributed by atoms with Gasteiger partial charge in [-0.05, 0) is 11.6 Å². The number of Topliss-reactive ketones (excluding diaryl/α,β-unsaturated/α-hetero) is 1. The minimum absolute atomic E-state index is 0.00446. The number of aromatic amines is 1. The molecule has 4 rings (SSSR count). The molecule has 6 nitrogen and oxygen atoms in total. The average Bonchev–Trinajstić information content (AvgIpc) is 3.19. The minimum Gasteiger partial charge on any atom is -0.379 e. The van der Waals surface area contributed by atoms with Crippen LogP contribution >= 0.6 is 0 Å². The molecule has 1 aliphatic heterocycles. The van der Waals surface area contributed by atoms with Gasteiger partial charge in [0.25, 0.3) is 11.7 Å². The molecule has 2 aromatic carbocycles. The first kappa shape index (κ1) is 18.4. The number of nitrogens with one attached hydrogen (secondary N) is 2. The first-order valence-electron chi connectivity index (χ1n) is 9.49. The molecule has 0 spiro atoms. The maximum absolute atomic E-state index is 12.7. The molecule has 3 aromatic rings. The van der Waals surface area contributed by atoms with Gasteiger partial charge in [0.05, 0.1) is 24.8 Å². The summed E-state index contributed by atoms with van der Waals surface area (Å²) in [6.45, 7) is 3.31. The lowest BCUT2D eigenvalue weighted by molar-refractivity contribution is -0.117. The van der Waals surface area contributed by atoms with Gasteiger partial charge < -0.3 is 15.0 Å². The molecule has 1 atom stereocenters. The van der Waals surface area contributed by atoms with Crippen molar-refractivity contribution in [3.05, 3.63) is 71.9 Å². The smallest absolute Gasteiger partial charge is 0.292 e. The number of carbonyl (C=O) groups excluding carboxylic acids is 2.